The van der Waals surface area contributed by atoms with Crippen LogP contribution in [0.1, 0.15) is 17.5 Å². The second-order valence-electron chi connectivity index (χ2n) is 9.16. The van der Waals surface area contributed by atoms with Crippen molar-refractivity contribution in [2.45, 2.75) is 34.2 Å². The quantitative estimate of drug-likeness (QED) is 0.232. The molecule has 0 amide bonds. The van der Waals surface area contributed by atoms with E-state index in [-0.39, 0.29) is 5.82 Å². The summed E-state index contributed by atoms with van der Waals surface area (Å²) in [6.45, 7) is 2.84. The topological polar surface area (TPSA) is 68.1 Å². The van der Waals surface area contributed by atoms with Crippen molar-refractivity contribution in [2.75, 3.05) is 25.4 Å². The largest absolute Gasteiger partial charge is 0.305 e. The second-order valence-corrected chi connectivity index (χ2v) is 12.2. The molecule has 0 fully saturated rings. The Morgan fingerprint density at radius 2 is 1.62 bits per heavy atom. The van der Waals surface area contributed by atoms with Gasteiger partial charge in [-0.2, -0.15) is 0 Å². The number of hydrogen-bond donors (Lipinski definition) is 0. The first-order valence-electron chi connectivity index (χ1n) is 12.3. The summed E-state index contributed by atoms with van der Waals surface area (Å²) in [5, 5.41) is 9.43. The minimum atomic E-state index is -3.51. The Hall–Kier alpha value is -3.01. The molecule has 37 heavy (non-hydrogen) atoms. The van der Waals surface area contributed by atoms with Gasteiger partial charge in [0.05, 0.1) is 9.79 Å². The molecule has 5 rings (SSSR count). The van der Waals surface area contributed by atoms with E-state index in [4.69, 9.17) is 0 Å². The number of hydrogen-bond acceptors (Lipinski definition) is 6. The summed E-state index contributed by atoms with van der Waals surface area (Å²) in [4.78, 5) is 3.15. The van der Waals surface area contributed by atoms with E-state index in [9.17, 15) is 12.8 Å². The predicted octanol–water partition coefficient (Wildman–Crippen LogP) is 5.04. The van der Waals surface area contributed by atoms with E-state index in [0.717, 1.165) is 66.8 Å². The molecule has 0 saturated heterocycles. The zero-order valence-corrected chi connectivity index (χ0v) is 22.3. The maximum absolute atomic E-state index is 13.2. The Morgan fingerprint density at radius 1 is 0.892 bits per heavy atom. The van der Waals surface area contributed by atoms with Crippen LogP contribution < -0.4 is 0 Å². The van der Waals surface area contributed by atoms with Gasteiger partial charge in [-0.05, 0) is 85.5 Å². The maximum atomic E-state index is 13.2. The van der Waals surface area contributed by atoms with Crippen LogP contribution in [0, 0.1) is 5.82 Å². The van der Waals surface area contributed by atoms with Gasteiger partial charge in [0.15, 0.2) is 11.0 Å². The number of thioether (sulfide) groups is 1. The van der Waals surface area contributed by atoms with E-state index in [1.807, 2.05) is 29.8 Å². The van der Waals surface area contributed by atoms with Crippen molar-refractivity contribution in [3.05, 3.63) is 89.7 Å². The number of rotatable bonds is 8. The monoisotopic (exact) mass is 536 g/mol. The van der Waals surface area contributed by atoms with Gasteiger partial charge in [-0.1, -0.05) is 36.0 Å². The number of aromatic nitrogens is 3. The van der Waals surface area contributed by atoms with Gasteiger partial charge < -0.3 is 9.47 Å². The van der Waals surface area contributed by atoms with Gasteiger partial charge in [0, 0.05) is 31.5 Å². The fourth-order valence-corrected chi connectivity index (χ4v) is 6.78. The number of halogens is 1. The molecule has 6 nitrogen and oxygen atoms in total. The van der Waals surface area contributed by atoms with E-state index >= 15 is 0 Å². The third kappa shape index (κ3) is 5.79. The average molecular weight is 537 g/mol. The number of nitrogens with zero attached hydrogens (tertiary/aromatic N) is 4. The molecule has 0 N–H and O–H groups in total. The minimum Gasteiger partial charge on any atom is -0.305 e. The van der Waals surface area contributed by atoms with E-state index < -0.39 is 9.84 Å². The van der Waals surface area contributed by atoms with Gasteiger partial charge in [-0.15, -0.1) is 10.2 Å². The lowest BCUT2D eigenvalue weighted by molar-refractivity contribution is 0.289. The summed E-state index contributed by atoms with van der Waals surface area (Å²) in [7, 11) is -1.58. The molecule has 1 aliphatic heterocycles. The lowest BCUT2D eigenvalue weighted by Gasteiger charge is -2.19. The molecule has 0 aliphatic carbocycles. The summed E-state index contributed by atoms with van der Waals surface area (Å²) in [5.41, 5.74) is 3.20. The maximum Gasteiger partial charge on any atom is 0.206 e. The molecular weight excluding hydrogens is 507 g/mol. The van der Waals surface area contributed by atoms with Crippen molar-refractivity contribution >= 4 is 21.6 Å². The van der Waals surface area contributed by atoms with Crippen LogP contribution >= 0.6 is 11.8 Å². The summed E-state index contributed by atoms with van der Waals surface area (Å²) in [6.07, 6.45) is 2.76. The lowest BCUT2D eigenvalue weighted by atomic mass is 10.0. The molecule has 192 valence electrons. The Balaban J connectivity index is 1.15. The van der Waals surface area contributed by atoms with Gasteiger partial charge in [0.2, 0.25) is 9.84 Å². The van der Waals surface area contributed by atoms with Crippen LogP contribution in [0.25, 0.3) is 11.4 Å². The Labute approximate surface area is 221 Å². The third-order valence-corrected chi connectivity index (χ3v) is 9.60. The number of sulfone groups is 1. The Kier molecular flexibility index (Phi) is 7.73. The van der Waals surface area contributed by atoms with Crippen LogP contribution in [0.15, 0.2) is 87.7 Å². The zero-order valence-electron chi connectivity index (χ0n) is 20.7. The molecule has 0 spiro atoms. The van der Waals surface area contributed by atoms with Gasteiger partial charge in [-0.3, -0.25) is 0 Å². The van der Waals surface area contributed by atoms with E-state index in [1.165, 1.54) is 17.7 Å². The van der Waals surface area contributed by atoms with Crippen molar-refractivity contribution in [1.29, 1.82) is 0 Å². The summed E-state index contributed by atoms with van der Waals surface area (Å²) >= 11 is 1.67. The molecule has 1 aliphatic rings. The van der Waals surface area contributed by atoms with Gasteiger partial charge in [-0.25, -0.2) is 12.8 Å². The van der Waals surface area contributed by atoms with E-state index in [1.54, 1.807) is 54.2 Å². The predicted molar refractivity (Wildman–Crippen MR) is 144 cm³/mol. The molecule has 4 aromatic rings. The standard InChI is InChI=1S/C28H29FN4O2S2/c1-32-27(22-8-11-24(29)12-9-22)30-31-28(32)36-19-5-16-33-17-14-21-10-13-26(20-23(21)15-18-33)37(34,35)25-6-3-2-4-7-25/h2-4,6-13,20H,5,14-19H2,1H3. The molecule has 1 aromatic heterocycles. The van der Waals surface area contributed by atoms with Crippen LogP contribution in [-0.4, -0.2) is 53.5 Å². The summed E-state index contributed by atoms with van der Waals surface area (Å²) in [5.74, 6) is 1.37. The van der Waals surface area contributed by atoms with Crippen LogP contribution in [0.2, 0.25) is 0 Å². The molecule has 9 heteroatoms. The molecular formula is C28H29FN4O2S2. The smallest absolute Gasteiger partial charge is 0.206 e. The first-order chi connectivity index (χ1) is 17.9. The first-order valence-corrected chi connectivity index (χ1v) is 14.8. The van der Waals surface area contributed by atoms with Gasteiger partial charge in [0.1, 0.15) is 5.82 Å². The van der Waals surface area contributed by atoms with Crippen molar-refractivity contribution in [1.82, 2.24) is 19.7 Å². The van der Waals surface area contributed by atoms with Crippen LogP contribution in [0.3, 0.4) is 0 Å². The fourth-order valence-electron chi connectivity index (χ4n) is 4.62. The normalized spacial score (nSPS) is 14.3. The van der Waals surface area contributed by atoms with Crippen molar-refractivity contribution < 1.29 is 12.8 Å². The highest BCUT2D eigenvalue weighted by atomic mass is 32.2. The Bertz CT molecular complexity index is 1470. The SMILES string of the molecule is Cn1c(SCCCN2CCc3ccc(S(=O)(=O)c4ccccc4)cc3CC2)nnc1-c1ccc(F)cc1. The Morgan fingerprint density at radius 3 is 2.38 bits per heavy atom. The molecule has 0 bridgehead atoms. The lowest BCUT2D eigenvalue weighted by Crippen LogP contribution is -2.27. The third-order valence-electron chi connectivity index (χ3n) is 6.72. The van der Waals surface area contributed by atoms with Gasteiger partial charge in [0.25, 0.3) is 0 Å². The molecule has 3 aromatic carbocycles. The number of fused-ring (bicyclic) bond motifs is 1. The average Bonchev–Trinajstić information content (AvgIpc) is 3.15. The number of benzene rings is 3. The van der Waals surface area contributed by atoms with Crippen LogP contribution in [0.5, 0.6) is 0 Å². The van der Waals surface area contributed by atoms with Crippen molar-refractivity contribution in [3.8, 4) is 11.4 Å². The van der Waals surface area contributed by atoms with E-state index in [2.05, 4.69) is 15.1 Å². The zero-order chi connectivity index (χ0) is 25.8. The molecule has 2 heterocycles. The molecule has 0 saturated carbocycles. The fraction of sp³-hybridized carbons (Fsp3) is 0.286. The second kappa shape index (κ2) is 11.2. The first kappa shape index (κ1) is 25.6. The highest BCUT2D eigenvalue weighted by Crippen LogP contribution is 2.26. The molecule has 0 unspecified atom stereocenters. The molecule has 0 atom stereocenters. The van der Waals surface area contributed by atoms with Crippen molar-refractivity contribution in [3.63, 3.8) is 0 Å². The summed E-state index contributed by atoms with van der Waals surface area (Å²) in [6, 6.07) is 20.5. The minimum absolute atomic E-state index is 0.269. The highest BCUT2D eigenvalue weighted by molar-refractivity contribution is 7.99. The molecule has 0 radical (unpaired) electrons. The van der Waals surface area contributed by atoms with Crippen molar-refractivity contribution in [2.24, 2.45) is 7.05 Å². The van der Waals surface area contributed by atoms with Crippen LogP contribution in [-0.2, 0) is 29.7 Å². The summed E-state index contributed by atoms with van der Waals surface area (Å²) < 4.78 is 41.3. The van der Waals surface area contributed by atoms with Crippen LogP contribution in [0.4, 0.5) is 4.39 Å². The van der Waals surface area contributed by atoms with Gasteiger partial charge >= 0.3 is 0 Å². The highest BCUT2D eigenvalue weighted by Gasteiger charge is 2.21. The van der Waals surface area contributed by atoms with E-state index in [0.29, 0.717) is 9.79 Å².